The van der Waals surface area contributed by atoms with E-state index in [1.807, 2.05) is 0 Å². The van der Waals surface area contributed by atoms with Crippen LogP contribution in [0, 0.1) is 11.8 Å². The van der Waals surface area contributed by atoms with Crippen molar-refractivity contribution in [1.29, 1.82) is 0 Å². The van der Waals surface area contributed by atoms with Crippen LogP contribution in [-0.4, -0.2) is 54.1 Å². The molecule has 0 aromatic heterocycles. The molecule has 0 amide bonds. The van der Waals surface area contributed by atoms with E-state index in [-0.39, 0.29) is 5.54 Å². The lowest BCUT2D eigenvalue weighted by Crippen LogP contribution is -2.71. The molecule has 3 aliphatic heterocycles. The zero-order valence-corrected chi connectivity index (χ0v) is 12.7. The Labute approximate surface area is 113 Å². The summed E-state index contributed by atoms with van der Waals surface area (Å²) >= 11 is 0. The van der Waals surface area contributed by atoms with Gasteiger partial charge in [0.15, 0.2) is 0 Å². The third-order valence-electron chi connectivity index (χ3n) is 4.96. The minimum absolute atomic E-state index is 0.245. The van der Waals surface area contributed by atoms with Gasteiger partial charge in [0.05, 0.1) is 0 Å². The second-order valence-electron chi connectivity index (χ2n) is 7.00. The van der Waals surface area contributed by atoms with Gasteiger partial charge < -0.3 is 10.6 Å². The lowest BCUT2D eigenvalue weighted by molar-refractivity contribution is -0.0843. The standard InChI is InChI=1S/C15H31N3/c1-12(2)9-18(13(3)4)15(10-16)11-17-7-5-14(15)6-8-17/h12-14H,5-11,16H2,1-4H3. The molecule has 18 heavy (non-hydrogen) atoms. The molecule has 0 aliphatic carbocycles. The largest absolute Gasteiger partial charge is 0.329 e. The number of piperidine rings is 3. The van der Waals surface area contributed by atoms with E-state index in [4.69, 9.17) is 5.73 Å². The molecule has 3 heterocycles. The molecule has 1 atom stereocenters. The lowest BCUT2D eigenvalue weighted by atomic mass is 9.71. The summed E-state index contributed by atoms with van der Waals surface area (Å²) in [6, 6.07) is 0.594. The minimum Gasteiger partial charge on any atom is -0.329 e. The third kappa shape index (κ3) is 2.45. The Balaban J connectivity index is 2.23. The molecule has 3 saturated heterocycles. The van der Waals surface area contributed by atoms with Gasteiger partial charge in [0.2, 0.25) is 0 Å². The summed E-state index contributed by atoms with van der Waals surface area (Å²) in [5.74, 6) is 1.53. The molecule has 0 aromatic carbocycles. The topological polar surface area (TPSA) is 32.5 Å². The summed E-state index contributed by atoms with van der Waals surface area (Å²) < 4.78 is 0. The van der Waals surface area contributed by atoms with Gasteiger partial charge in [0.1, 0.15) is 0 Å². The molecular weight excluding hydrogens is 222 g/mol. The average molecular weight is 253 g/mol. The molecule has 2 bridgehead atoms. The maximum Gasteiger partial charge on any atom is 0.0490 e. The van der Waals surface area contributed by atoms with Crippen LogP contribution in [-0.2, 0) is 0 Å². The van der Waals surface area contributed by atoms with Crippen molar-refractivity contribution in [3.05, 3.63) is 0 Å². The Morgan fingerprint density at radius 3 is 2.17 bits per heavy atom. The number of fused-ring (bicyclic) bond motifs is 3. The molecule has 3 heteroatoms. The Kier molecular flexibility index (Phi) is 4.35. The van der Waals surface area contributed by atoms with E-state index in [2.05, 4.69) is 37.5 Å². The molecule has 0 radical (unpaired) electrons. The number of hydrogen-bond acceptors (Lipinski definition) is 3. The molecule has 2 N–H and O–H groups in total. The zero-order chi connectivity index (χ0) is 13.3. The first kappa shape index (κ1) is 14.3. The van der Waals surface area contributed by atoms with Crippen LogP contribution in [0.2, 0.25) is 0 Å². The van der Waals surface area contributed by atoms with Gasteiger partial charge in [-0.2, -0.15) is 0 Å². The molecule has 106 valence electrons. The van der Waals surface area contributed by atoms with E-state index >= 15 is 0 Å². The molecular formula is C15H31N3. The predicted octanol–water partition coefficient (Wildman–Crippen LogP) is 1.78. The smallest absolute Gasteiger partial charge is 0.0490 e. The fourth-order valence-corrected chi connectivity index (χ4v) is 4.12. The quantitative estimate of drug-likeness (QED) is 0.810. The summed E-state index contributed by atoms with van der Waals surface area (Å²) in [4.78, 5) is 5.34. The first-order chi connectivity index (χ1) is 8.49. The average Bonchev–Trinajstić information content (AvgIpc) is 2.36. The fourth-order valence-electron chi connectivity index (χ4n) is 4.12. The van der Waals surface area contributed by atoms with Crippen molar-refractivity contribution in [2.24, 2.45) is 17.6 Å². The predicted molar refractivity (Wildman–Crippen MR) is 77.6 cm³/mol. The monoisotopic (exact) mass is 253 g/mol. The van der Waals surface area contributed by atoms with E-state index in [0.29, 0.717) is 12.0 Å². The van der Waals surface area contributed by atoms with Crippen LogP contribution < -0.4 is 5.73 Å². The molecule has 0 saturated carbocycles. The van der Waals surface area contributed by atoms with E-state index in [1.54, 1.807) is 0 Å². The van der Waals surface area contributed by atoms with Crippen molar-refractivity contribution in [3.63, 3.8) is 0 Å². The second-order valence-corrected chi connectivity index (χ2v) is 7.00. The highest BCUT2D eigenvalue weighted by Crippen LogP contribution is 2.40. The number of nitrogens with two attached hydrogens (primary N) is 1. The Morgan fingerprint density at radius 1 is 1.22 bits per heavy atom. The third-order valence-corrected chi connectivity index (χ3v) is 4.96. The molecule has 1 unspecified atom stereocenters. The van der Waals surface area contributed by atoms with Gasteiger partial charge in [-0.1, -0.05) is 13.8 Å². The Hall–Kier alpha value is -0.120. The van der Waals surface area contributed by atoms with Crippen molar-refractivity contribution in [2.75, 3.05) is 32.7 Å². The normalized spacial score (nSPS) is 36.0. The SMILES string of the molecule is CC(C)CN(C(C)C)C1(CN)CN2CCC1CC2. The number of nitrogens with zero attached hydrogens (tertiary/aromatic N) is 2. The van der Waals surface area contributed by atoms with E-state index in [1.165, 1.54) is 39.0 Å². The number of rotatable bonds is 5. The van der Waals surface area contributed by atoms with Gasteiger partial charge >= 0.3 is 0 Å². The lowest BCUT2D eigenvalue weighted by Gasteiger charge is -2.59. The van der Waals surface area contributed by atoms with Gasteiger partial charge in [-0.3, -0.25) is 4.90 Å². The molecule has 0 spiro atoms. The fraction of sp³-hybridized carbons (Fsp3) is 1.00. The Morgan fingerprint density at radius 2 is 1.83 bits per heavy atom. The van der Waals surface area contributed by atoms with E-state index < -0.39 is 0 Å². The van der Waals surface area contributed by atoms with Crippen molar-refractivity contribution in [2.45, 2.75) is 52.1 Å². The summed E-state index contributed by atoms with van der Waals surface area (Å²) in [6.45, 7) is 15.1. The minimum atomic E-state index is 0.245. The highest BCUT2D eigenvalue weighted by atomic mass is 15.3. The van der Waals surface area contributed by atoms with Crippen molar-refractivity contribution >= 4 is 0 Å². The van der Waals surface area contributed by atoms with Gasteiger partial charge in [-0.05, 0) is 51.6 Å². The molecule has 0 aromatic rings. The van der Waals surface area contributed by atoms with E-state index in [0.717, 1.165) is 12.5 Å². The highest BCUT2D eigenvalue weighted by molar-refractivity contribution is 5.07. The van der Waals surface area contributed by atoms with Crippen molar-refractivity contribution in [3.8, 4) is 0 Å². The Bertz CT molecular complexity index is 269. The van der Waals surface area contributed by atoms with Crippen LogP contribution in [0.1, 0.15) is 40.5 Å². The van der Waals surface area contributed by atoms with Crippen LogP contribution in [0.25, 0.3) is 0 Å². The van der Waals surface area contributed by atoms with Gasteiger partial charge in [0.25, 0.3) is 0 Å². The highest BCUT2D eigenvalue weighted by Gasteiger charge is 2.49. The summed E-state index contributed by atoms with van der Waals surface area (Å²) in [6.07, 6.45) is 2.69. The molecule has 3 aliphatic rings. The van der Waals surface area contributed by atoms with Crippen LogP contribution in [0.5, 0.6) is 0 Å². The first-order valence-corrected chi connectivity index (χ1v) is 7.68. The van der Waals surface area contributed by atoms with Crippen molar-refractivity contribution in [1.82, 2.24) is 9.80 Å². The molecule has 3 fully saturated rings. The summed E-state index contributed by atoms with van der Waals surface area (Å²) in [5, 5.41) is 0. The maximum absolute atomic E-state index is 6.27. The zero-order valence-electron chi connectivity index (χ0n) is 12.7. The maximum atomic E-state index is 6.27. The van der Waals surface area contributed by atoms with E-state index in [9.17, 15) is 0 Å². The van der Waals surface area contributed by atoms with Crippen LogP contribution in [0.15, 0.2) is 0 Å². The van der Waals surface area contributed by atoms with Gasteiger partial charge in [-0.15, -0.1) is 0 Å². The van der Waals surface area contributed by atoms with Gasteiger partial charge in [0, 0.05) is 31.2 Å². The van der Waals surface area contributed by atoms with Crippen LogP contribution >= 0.6 is 0 Å². The van der Waals surface area contributed by atoms with Gasteiger partial charge in [-0.25, -0.2) is 0 Å². The first-order valence-electron chi connectivity index (χ1n) is 7.68. The van der Waals surface area contributed by atoms with Crippen LogP contribution in [0.4, 0.5) is 0 Å². The second kappa shape index (κ2) is 5.48. The molecule has 3 nitrogen and oxygen atoms in total. The van der Waals surface area contributed by atoms with Crippen LogP contribution in [0.3, 0.4) is 0 Å². The summed E-state index contributed by atoms with van der Waals surface area (Å²) in [5.41, 5.74) is 6.52. The number of hydrogen-bond donors (Lipinski definition) is 1. The molecule has 3 rings (SSSR count). The van der Waals surface area contributed by atoms with Crippen molar-refractivity contribution < 1.29 is 0 Å². The summed E-state index contributed by atoms with van der Waals surface area (Å²) in [7, 11) is 0.